The molecule has 1 aromatic rings. The highest BCUT2D eigenvalue weighted by atomic mass is 16.6. The Morgan fingerprint density at radius 3 is 3.00 bits per heavy atom. The van der Waals surface area contributed by atoms with Gasteiger partial charge in [0.2, 0.25) is 0 Å². The number of hydrogen-bond acceptors (Lipinski definition) is 5. The van der Waals surface area contributed by atoms with Gasteiger partial charge in [-0.1, -0.05) is 0 Å². The standard InChI is InChI=1S/C13H19N3O2/c1-9-6-10(16-3-2-15-8-12(16)14)13-11(7-9)17-4-5-18-13/h6-7,12,15H,2-5,8,14H2,1H3. The fourth-order valence-electron chi connectivity index (χ4n) is 2.51. The fraction of sp³-hybridized carbons (Fsp3) is 0.538. The average molecular weight is 249 g/mol. The number of rotatable bonds is 1. The van der Waals surface area contributed by atoms with E-state index in [4.69, 9.17) is 15.2 Å². The number of nitrogens with two attached hydrogens (primary N) is 1. The molecule has 1 atom stereocenters. The topological polar surface area (TPSA) is 59.8 Å². The largest absolute Gasteiger partial charge is 0.486 e. The van der Waals surface area contributed by atoms with Crippen molar-refractivity contribution >= 4 is 5.69 Å². The lowest BCUT2D eigenvalue weighted by molar-refractivity contribution is 0.171. The Morgan fingerprint density at radius 2 is 2.17 bits per heavy atom. The summed E-state index contributed by atoms with van der Waals surface area (Å²) < 4.78 is 11.4. The number of piperazine rings is 1. The van der Waals surface area contributed by atoms with Crippen LogP contribution in [-0.4, -0.2) is 39.0 Å². The number of anilines is 1. The number of hydrogen-bond donors (Lipinski definition) is 2. The molecule has 2 aliphatic rings. The molecule has 1 saturated heterocycles. The van der Waals surface area contributed by atoms with E-state index in [9.17, 15) is 0 Å². The second-order valence-corrected chi connectivity index (χ2v) is 4.77. The van der Waals surface area contributed by atoms with Crippen LogP contribution in [0.5, 0.6) is 11.5 Å². The minimum atomic E-state index is -0.0184. The molecule has 0 aliphatic carbocycles. The summed E-state index contributed by atoms with van der Waals surface area (Å²) in [6.07, 6.45) is -0.0184. The highest BCUT2D eigenvalue weighted by Crippen LogP contribution is 2.41. The number of nitrogens with zero attached hydrogens (tertiary/aromatic N) is 1. The second-order valence-electron chi connectivity index (χ2n) is 4.77. The Kier molecular flexibility index (Phi) is 3.01. The number of benzene rings is 1. The highest BCUT2D eigenvalue weighted by Gasteiger charge is 2.25. The third-order valence-corrected chi connectivity index (χ3v) is 3.36. The molecule has 1 unspecified atom stereocenters. The predicted molar refractivity (Wildman–Crippen MR) is 70.4 cm³/mol. The third kappa shape index (κ3) is 2.00. The first kappa shape index (κ1) is 11.6. The minimum Gasteiger partial charge on any atom is -0.486 e. The first-order valence-electron chi connectivity index (χ1n) is 6.39. The van der Waals surface area contributed by atoms with Crippen molar-refractivity contribution in [3.05, 3.63) is 17.7 Å². The first-order valence-corrected chi connectivity index (χ1v) is 6.39. The van der Waals surface area contributed by atoms with Crippen molar-refractivity contribution in [3.63, 3.8) is 0 Å². The zero-order valence-corrected chi connectivity index (χ0v) is 10.6. The van der Waals surface area contributed by atoms with Crippen LogP contribution in [0.25, 0.3) is 0 Å². The summed E-state index contributed by atoms with van der Waals surface area (Å²) in [6.45, 7) is 5.91. The van der Waals surface area contributed by atoms with Gasteiger partial charge in [-0.25, -0.2) is 0 Å². The van der Waals surface area contributed by atoms with Crippen LogP contribution in [0.3, 0.4) is 0 Å². The van der Waals surface area contributed by atoms with Crippen molar-refractivity contribution in [2.45, 2.75) is 13.1 Å². The molecule has 2 aliphatic heterocycles. The Hall–Kier alpha value is -1.46. The molecule has 0 radical (unpaired) electrons. The van der Waals surface area contributed by atoms with Crippen molar-refractivity contribution in [1.29, 1.82) is 0 Å². The van der Waals surface area contributed by atoms with Crippen molar-refractivity contribution in [2.24, 2.45) is 5.73 Å². The highest BCUT2D eigenvalue weighted by molar-refractivity contribution is 5.67. The van der Waals surface area contributed by atoms with Gasteiger partial charge in [-0.3, -0.25) is 0 Å². The van der Waals surface area contributed by atoms with Gasteiger partial charge in [-0.2, -0.15) is 0 Å². The fourth-order valence-corrected chi connectivity index (χ4v) is 2.51. The molecule has 0 aromatic heterocycles. The van der Waals surface area contributed by atoms with Crippen LogP contribution in [0.15, 0.2) is 12.1 Å². The summed E-state index contributed by atoms with van der Waals surface area (Å²) in [4.78, 5) is 2.19. The van der Waals surface area contributed by atoms with Gasteiger partial charge in [0.15, 0.2) is 11.5 Å². The molecule has 1 fully saturated rings. The summed E-state index contributed by atoms with van der Waals surface area (Å²) in [7, 11) is 0. The zero-order chi connectivity index (χ0) is 12.5. The van der Waals surface area contributed by atoms with Crippen molar-refractivity contribution in [2.75, 3.05) is 37.7 Å². The number of fused-ring (bicyclic) bond motifs is 1. The molecule has 3 rings (SSSR count). The van der Waals surface area contributed by atoms with Crippen LogP contribution < -0.4 is 25.4 Å². The SMILES string of the molecule is Cc1cc2c(c(N3CCNCC3N)c1)OCCO2. The van der Waals surface area contributed by atoms with Crippen LogP contribution in [0.1, 0.15) is 5.56 Å². The molecular formula is C13H19N3O2. The Morgan fingerprint density at radius 1 is 1.33 bits per heavy atom. The van der Waals surface area contributed by atoms with E-state index in [0.717, 1.165) is 36.8 Å². The van der Waals surface area contributed by atoms with Gasteiger partial charge in [0, 0.05) is 19.6 Å². The molecule has 3 N–H and O–H groups in total. The van der Waals surface area contributed by atoms with Crippen molar-refractivity contribution in [1.82, 2.24) is 5.32 Å². The van der Waals surface area contributed by atoms with Gasteiger partial charge in [0.1, 0.15) is 13.2 Å². The van der Waals surface area contributed by atoms with E-state index in [-0.39, 0.29) is 6.17 Å². The summed E-state index contributed by atoms with van der Waals surface area (Å²) in [5, 5.41) is 3.29. The van der Waals surface area contributed by atoms with E-state index in [0.29, 0.717) is 13.2 Å². The zero-order valence-electron chi connectivity index (χ0n) is 10.6. The van der Waals surface area contributed by atoms with Gasteiger partial charge in [-0.15, -0.1) is 0 Å². The Bertz CT molecular complexity index is 450. The molecule has 0 amide bonds. The summed E-state index contributed by atoms with van der Waals surface area (Å²) in [5.74, 6) is 1.67. The number of aryl methyl sites for hydroxylation is 1. The molecule has 5 nitrogen and oxygen atoms in total. The normalized spacial score (nSPS) is 23.0. The van der Waals surface area contributed by atoms with Crippen LogP contribution in [0.4, 0.5) is 5.69 Å². The van der Waals surface area contributed by atoms with E-state index in [1.165, 1.54) is 5.56 Å². The molecule has 18 heavy (non-hydrogen) atoms. The van der Waals surface area contributed by atoms with E-state index in [2.05, 4.69) is 23.2 Å². The molecule has 1 aromatic carbocycles. The summed E-state index contributed by atoms with van der Waals surface area (Å²) in [6, 6.07) is 4.14. The van der Waals surface area contributed by atoms with E-state index < -0.39 is 0 Å². The van der Waals surface area contributed by atoms with Gasteiger partial charge in [-0.05, 0) is 24.6 Å². The Balaban J connectivity index is 2.01. The summed E-state index contributed by atoms with van der Waals surface area (Å²) in [5.41, 5.74) is 8.38. The predicted octanol–water partition coefficient (Wildman–Crippen LogP) is 0.461. The molecule has 5 heteroatoms. The van der Waals surface area contributed by atoms with E-state index in [1.807, 2.05) is 6.07 Å². The molecular weight excluding hydrogens is 230 g/mol. The van der Waals surface area contributed by atoms with Crippen LogP contribution in [-0.2, 0) is 0 Å². The molecule has 2 heterocycles. The van der Waals surface area contributed by atoms with E-state index in [1.54, 1.807) is 0 Å². The van der Waals surface area contributed by atoms with Crippen LogP contribution in [0.2, 0.25) is 0 Å². The van der Waals surface area contributed by atoms with Gasteiger partial charge in [0.25, 0.3) is 0 Å². The maximum Gasteiger partial charge on any atom is 0.184 e. The molecule has 0 saturated carbocycles. The summed E-state index contributed by atoms with van der Waals surface area (Å²) >= 11 is 0. The molecule has 0 spiro atoms. The van der Waals surface area contributed by atoms with E-state index >= 15 is 0 Å². The quantitative estimate of drug-likeness (QED) is 0.757. The first-order chi connectivity index (χ1) is 8.75. The monoisotopic (exact) mass is 249 g/mol. The maximum atomic E-state index is 6.16. The average Bonchev–Trinajstić information content (AvgIpc) is 2.38. The lowest BCUT2D eigenvalue weighted by atomic mass is 10.1. The van der Waals surface area contributed by atoms with Gasteiger partial charge in [0.05, 0.1) is 11.9 Å². The number of ether oxygens (including phenoxy) is 2. The Labute approximate surface area is 107 Å². The maximum absolute atomic E-state index is 6.16. The second kappa shape index (κ2) is 4.66. The van der Waals surface area contributed by atoms with Gasteiger partial charge >= 0.3 is 0 Å². The molecule has 98 valence electrons. The minimum absolute atomic E-state index is 0.0184. The third-order valence-electron chi connectivity index (χ3n) is 3.36. The lowest BCUT2D eigenvalue weighted by Crippen LogP contribution is -2.56. The lowest BCUT2D eigenvalue weighted by Gasteiger charge is -2.37. The van der Waals surface area contributed by atoms with Gasteiger partial charge < -0.3 is 25.4 Å². The van der Waals surface area contributed by atoms with Crippen molar-refractivity contribution in [3.8, 4) is 11.5 Å². The number of nitrogens with one attached hydrogen (secondary N) is 1. The van der Waals surface area contributed by atoms with Crippen LogP contribution >= 0.6 is 0 Å². The molecule has 0 bridgehead atoms. The van der Waals surface area contributed by atoms with Crippen LogP contribution in [0, 0.1) is 6.92 Å². The smallest absolute Gasteiger partial charge is 0.184 e. The van der Waals surface area contributed by atoms with Crippen molar-refractivity contribution < 1.29 is 9.47 Å².